The Kier molecular flexibility index (Phi) is 11.8. The highest BCUT2D eigenvalue weighted by molar-refractivity contribution is 7.03. The van der Waals surface area contributed by atoms with Crippen LogP contribution in [0.5, 0.6) is 0 Å². The van der Waals surface area contributed by atoms with Crippen molar-refractivity contribution in [1.82, 2.24) is 0 Å². The normalized spacial score (nSPS) is 13.7. The van der Waals surface area contributed by atoms with Gasteiger partial charge in [-0.05, 0) is 164 Å². The monoisotopic (exact) mass is 1140 g/mol. The minimum atomic E-state index is 0. The summed E-state index contributed by atoms with van der Waals surface area (Å²) < 4.78 is 0. The van der Waals surface area contributed by atoms with Crippen LogP contribution >= 0.6 is 0 Å². The van der Waals surface area contributed by atoms with Gasteiger partial charge in [0.25, 0.3) is 20.1 Å². The molecular formula is C80H63B3N6. The van der Waals surface area contributed by atoms with Crippen LogP contribution in [0, 0.1) is 0 Å². The summed E-state index contributed by atoms with van der Waals surface area (Å²) in [4.78, 5) is 11.8. The number of para-hydroxylation sites is 1. The first kappa shape index (κ1) is 52.7. The van der Waals surface area contributed by atoms with Crippen LogP contribution in [0.4, 0.5) is 68.2 Å². The molecule has 422 valence electrons. The Morgan fingerprint density at radius 2 is 0.629 bits per heavy atom. The summed E-state index contributed by atoms with van der Waals surface area (Å²) in [5.74, 6) is 0. The maximum Gasteiger partial charge on any atom is 0.253 e. The van der Waals surface area contributed by atoms with E-state index in [1.54, 1.807) is 0 Å². The van der Waals surface area contributed by atoms with Crippen molar-refractivity contribution in [1.29, 1.82) is 0 Å². The summed E-state index contributed by atoms with van der Waals surface area (Å²) >= 11 is 0. The standard InChI is InChI=1S/C28H21BN2.C27H19BN2.C24H19BN2.CH4/c1-30-23-12-7-13-24-28(23)29(27-21-11-6-5-8-18(21)14-15-25(27)30)22-16-19-9-3-4-10-20(19)17-26(22)31(24)2;1-30-23-12-6-11-21-27(23)28(26-20-10-5-3-8-18(20)14-16-24(26)30)25-19-9-4-2-7-17(19)13-15-22(25)29-21;1-26-20-11-6-5-10-18(20)25-19-15-14-16-8-3-4-9-17(16)24(19)27(2)22-13-7-12-21(26)23(22)25;/h3-17H,1-2H3;2-16,29H,1H3;3-15H,1-2H3;1H4. The van der Waals surface area contributed by atoms with Crippen LogP contribution in [0.2, 0.25) is 0 Å². The summed E-state index contributed by atoms with van der Waals surface area (Å²) in [7, 11) is 11.0. The summed E-state index contributed by atoms with van der Waals surface area (Å²) in [5.41, 5.74) is 28.1. The Morgan fingerprint density at radius 1 is 0.236 bits per heavy atom. The molecule has 0 spiro atoms. The molecule has 6 aliphatic rings. The van der Waals surface area contributed by atoms with Gasteiger partial charge >= 0.3 is 0 Å². The molecular weight excluding hydrogens is 1080 g/mol. The van der Waals surface area contributed by atoms with E-state index in [9.17, 15) is 0 Å². The highest BCUT2D eigenvalue weighted by atomic mass is 15.2. The summed E-state index contributed by atoms with van der Waals surface area (Å²) in [6.45, 7) is 0.703. The average molecular weight is 1140 g/mol. The van der Waals surface area contributed by atoms with Gasteiger partial charge in [-0.2, -0.15) is 0 Å². The van der Waals surface area contributed by atoms with Gasteiger partial charge in [-0.1, -0.05) is 202 Å². The number of hydrogen-bond acceptors (Lipinski definition) is 6. The fourth-order valence-electron chi connectivity index (χ4n) is 16.4. The molecule has 0 saturated carbocycles. The minimum Gasteiger partial charge on any atom is -0.356 e. The zero-order valence-electron chi connectivity index (χ0n) is 49.8. The van der Waals surface area contributed by atoms with Gasteiger partial charge in [-0.3, -0.25) is 0 Å². The fraction of sp³-hybridized carbons (Fsp3) is 0.0750. The molecule has 0 aromatic heterocycles. The lowest BCUT2D eigenvalue weighted by Crippen LogP contribution is -2.61. The van der Waals surface area contributed by atoms with E-state index in [1.165, 1.54) is 171 Å². The topological polar surface area (TPSA) is 28.2 Å². The molecule has 0 atom stereocenters. The number of nitrogens with one attached hydrogen (secondary N) is 1. The van der Waals surface area contributed by atoms with Crippen molar-refractivity contribution >= 4 is 191 Å². The van der Waals surface area contributed by atoms with Gasteiger partial charge in [0.15, 0.2) is 0 Å². The Balaban J connectivity index is 0.000000103. The fourth-order valence-corrected chi connectivity index (χ4v) is 16.4. The van der Waals surface area contributed by atoms with E-state index in [1.807, 2.05) is 0 Å². The molecule has 0 bridgehead atoms. The van der Waals surface area contributed by atoms with Crippen molar-refractivity contribution in [2.75, 3.05) is 65.1 Å². The molecule has 0 saturated heterocycles. The number of nitrogens with zero attached hydrogens (tertiary/aromatic N) is 5. The third kappa shape index (κ3) is 7.55. The van der Waals surface area contributed by atoms with Crippen molar-refractivity contribution in [3.05, 3.63) is 261 Å². The van der Waals surface area contributed by atoms with Crippen molar-refractivity contribution in [2.45, 2.75) is 7.43 Å². The van der Waals surface area contributed by atoms with E-state index in [4.69, 9.17) is 0 Å². The van der Waals surface area contributed by atoms with Crippen molar-refractivity contribution in [3.63, 3.8) is 0 Å². The quantitative estimate of drug-likeness (QED) is 0.152. The molecule has 20 rings (SSSR count). The van der Waals surface area contributed by atoms with Gasteiger partial charge in [0.1, 0.15) is 0 Å². The Bertz CT molecular complexity index is 5310. The highest BCUT2D eigenvalue weighted by Crippen LogP contribution is 2.42. The molecule has 6 aliphatic heterocycles. The lowest BCUT2D eigenvalue weighted by molar-refractivity contribution is 1.18. The number of fused-ring (bicyclic) bond motifs is 21. The molecule has 9 heteroatoms. The summed E-state index contributed by atoms with van der Waals surface area (Å²) in [6, 6.07) is 95.7. The number of rotatable bonds is 0. The van der Waals surface area contributed by atoms with Crippen molar-refractivity contribution < 1.29 is 0 Å². The van der Waals surface area contributed by atoms with E-state index in [2.05, 4.69) is 326 Å². The van der Waals surface area contributed by atoms with E-state index in [-0.39, 0.29) is 27.6 Å². The third-order valence-corrected chi connectivity index (χ3v) is 20.4. The predicted molar refractivity (Wildman–Crippen MR) is 390 cm³/mol. The van der Waals surface area contributed by atoms with Crippen molar-refractivity contribution in [2.24, 2.45) is 0 Å². The zero-order valence-corrected chi connectivity index (χ0v) is 49.8. The first-order valence-electron chi connectivity index (χ1n) is 30.8. The summed E-state index contributed by atoms with van der Waals surface area (Å²) in [6.07, 6.45) is 0. The van der Waals surface area contributed by atoms with Gasteiger partial charge in [0.05, 0.1) is 0 Å². The minimum absolute atomic E-state index is 0. The number of anilines is 12. The molecule has 6 nitrogen and oxygen atoms in total. The second-order valence-electron chi connectivity index (χ2n) is 24.6. The SMILES string of the molecule is C.CN1c2cc3ccccc3cc2B2c3c1cccc3N(C)c1ccc3ccccc3c12.CN1c2cccc3c2B(c2c(ccc4ccccc24)N3)c2c1ccc1ccccc21.CN1c2ccccc2B2c3ccc4ccccc4c3N(C)c3cccc1c32. The van der Waals surface area contributed by atoms with Crippen LogP contribution in [0.1, 0.15) is 7.43 Å². The maximum atomic E-state index is 3.74. The van der Waals surface area contributed by atoms with Gasteiger partial charge in [0.2, 0.25) is 0 Å². The van der Waals surface area contributed by atoms with E-state index >= 15 is 0 Å². The molecule has 14 aromatic carbocycles. The lowest BCUT2D eigenvalue weighted by Gasteiger charge is -2.42. The van der Waals surface area contributed by atoms with Gasteiger partial charge in [-0.25, -0.2) is 0 Å². The second kappa shape index (κ2) is 20.0. The smallest absolute Gasteiger partial charge is 0.253 e. The first-order valence-corrected chi connectivity index (χ1v) is 30.8. The third-order valence-electron chi connectivity index (χ3n) is 20.4. The molecule has 14 aromatic rings. The number of benzene rings is 14. The van der Waals surface area contributed by atoms with E-state index in [0.29, 0.717) is 0 Å². The molecule has 6 heterocycles. The van der Waals surface area contributed by atoms with E-state index < -0.39 is 0 Å². The van der Waals surface area contributed by atoms with Gasteiger partial charge in [0, 0.05) is 109 Å². The van der Waals surface area contributed by atoms with Crippen LogP contribution < -0.4 is 79.0 Å². The van der Waals surface area contributed by atoms with Gasteiger partial charge in [-0.15, -0.1) is 0 Å². The van der Waals surface area contributed by atoms with Gasteiger partial charge < -0.3 is 29.8 Å². The van der Waals surface area contributed by atoms with Crippen LogP contribution in [0.15, 0.2) is 261 Å². The molecule has 0 fully saturated rings. The molecule has 89 heavy (non-hydrogen) atoms. The number of hydrogen-bond donors (Lipinski definition) is 1. The average Bonchev–Trinajstić information content (AvgIpc) is 0.747. The molecule has 1 N–H and O–H groups in total. The zero-order chi connectivity index (χ0) is 58.6. The molecule has 0 aliphatic carbocycles. The summed E-state index contributed by atoms with van der Waals surface area (Å²) in [5, 5.41) is 16.9. The van der Waals surface area contributed by atoms with Crippen molar-refractivity contribution in [3.8, 4) is 0 Å². The maximum absolute atomic E-state index is 3.74. The van der Waals surface area contributed by atoms with E-state index in [0.717, 1.165) is 0 Å². The Labute approximate surface area is 521 Å². The first-order chi connectivity index (χ1) is 43.3. The molecule has 0 unspecified atom stereocenters. The van der Waals surface area contributed by atoms with Crippen LogP contribution in [-0.4, -0.2) is 55.4 Å². The molecule has 0 amide bonds. The lowest BCUT2D eigenvalue weighted by atomic mass is 9.32. The molecule has 0 radical (unpaired) electrons. The Hall–Kier alpha value is -10.6. The predicted octanol–water partition coefficient (Wildman–Crippen LogP) is 13.5. The highest BCUT2D eigenvalue weighted by Gasteiger charge is 2.44. The van der Waals surface area contributed by atoms with Crippen LogP contribution in [-0.2, 0) is 0 Å². The Morgan fingerprint density at radius 3 is 1.25 bits per heavy atom. The largest absolute Gasteiger partial charge is 0.356 e. The van der Waals surface area contributed by atoms with Crippen LogP contribution in [0.3, 0.4) is 0 Å². The van der Waals surface area contributed by atoms with Crippen LogP contribution in [0.25, 0.3) is 53.9 Å². The second-order valence-corrected chi connectivity index (χ2v) is 24.6.